The number of hydrogen-bond donors (Lipinski definition) is 3. The lowest BCUT2D eigenvalue weighted by molar-refractivity contribution is -0.138. The van der Waals surface area contributed by atoms with E-state index in [0.717, 1.165) is 19.3 Å². The van der Waals surface area contributed by atoms with E-state index in [1.165, 1.54) is 6.07 Å². The van der Waals surface area contributed by atoms with Crippen LogP contribution in [0.5, 0.6) is 5.88 Å². The summed E-state index contributed by atoms with van der Waals surface area (Å²) in [5.41, 5.74) is 11.9. The van der Waals surface area contributed by atoms with Gasteiger partial charge in [0.1, 0.15) is 6.04 Å². The molecule has 0 spiro atoms. The van der Waals surface area contributed by atoms with E-state index < -0.39 is 29.8 Å². The second-order valence-corrected chi connectivity index (χ2v) is 7.70. The van der Waals surface area contributed by atoms with E-state index >= 15 is 0 Å². The summed E-state index contributed by atoms with van der Waals surface area (Å²) in [6.45, 7) is 0. The average Bonchev–Trinajstić information content (AvgIpc) is 2.74. The zero-order chi connectivity index (χ0) is 23.3. The van der Waals surface area contributed by atoms with Crippen molar-refractivity contribution in [3.8, 4) is 17.1 Å². The molecule has 5 N–H and O–H groups in total. The number of hydrogen-bond acceptors (Lipinski definition) is 7. The molecular weight excluding hydrogens is 427 g/mol. The molecule has 1 heterocycles. The van der Waals surface area contributed by atoms with E-state index in [9.17, 15) is 18.0 Å². The van der Waals surface area contributed by atoms with Crippen molar-refractivity contribution in [2.24, 2.45) is 16.8 Å². The third kappa shape index (κ3) is 6.16. The summed E-state index contributed by atoms with van der Waals surface area (Å²) in [5.74, 6) is -2.20. The number of rotatable bonds is 7. The van der Waals surface area contributed by atoms with Gasteiger partial charge in [0.05, 0.1) is 5.69 Å². The molecule has 0 unspecified atom stereocenters. The number of aromatic nitrogens is 2. The topological polar surface area (TPSA) is 137 Å². The van der Waals surface area contributed by atoms with Crippen LogP contribution in [-0.2, 0) is 11.2 Å². The van der Waals surface area contributed by atoms with Crippen molar-refractivity contribution in [2.75, 3.05) is 5.73 Å². The van der Waals surface area contributed by atoms with Gasteiger partial charge in [0.2, 0.25) is 5.95 Å². The van der Waals surface area contributed by atoms with Crippen LogP contribution in [0, 0.1) is 5.92 Å². The first-order chi connectivity index (χ1) is 15.1. The number of aliphatic carboxylic acids is 1. The van der Waals surface area contributed by atoms with Crippen molar-refractivity contribution in [1.29, 1.82) is 0 Å². The maximum atomic E-state index is 13.5. The summed E-state index contributed by atoms with van der Waals surface area (Å²) >= 11 is 0. The number of nitrogens with two attached hydrogens (primary N) is 2. The molecule has 32 heavy (non-hydrogen) atoms. The molecule has 0 saturated heterocycles. The van der Waals surface area contributed by atoms with Crippen molar-refractivity contribution in [1.82, 2.24) is 9.97 Å². The number of alkyl halides is 3. The molecule has 1 aromatic heterocycles. The van der Waals surface area contributed by atoms with Gasteiger partial charge in [0.15, 0.2) is 5.71 Å². The van der Waals surface area contributed by atoms with Crippen LogP contribution in [0.1, 0.15) is 37.7 Å². The summed E-state index contributed by atoms with van der Waals surface area (Å²) < 4.78 is 40.5. The maximum absolute atomic E-state index is 13.5. The van der Waals surface area contributed by atoms with Gasteiger partial charge in [0.25, 0.3) is 5.88 Å². The van der Waals surface area contributed by atoms with Crippen LogP contribution in [0.15, 0.2) is 35.5 Å². The molecule has 0 amide bonds. The fourth-order valence-electron chi connectivity index (χ4n) is 3.62. The zero-order valence-electron chi connectivity index (χ0n) is 17.2. The van der Waals surface area contributed by atoms with Crippen molar-refractivity contribution in [3.05, 3.63) is 35.9 Å². The number of carbonyl (C=O) groups is 1. The van der Waals surface area contributed by atoms with Gasteiger partial charge in [0, 0.05) is 17.5 Å². The Hall–Kier alpha value is -3.21. The molecule has 0 aliphatic heterocycles. The number of nitrogens with zero attached hydrogens (tertiary/aromatic N) is 3. The van der Waals surface area contributed by atoms with Crippen molar-refractivity contribution >= 4 is 17.6 Å². The van der Waals surface area contributed by atoms with Gasteiger partial charge >= 0.3 is 12.1 Å². The molecule has 8 nitrogen and oxygen atoms in total. The van der Waals surface area contributed by atoms with Crippen LogP contribution in [-0.4, -0.2) is 39.0 Å². The Labute approximate surface area is 182 Å². The summed E-state index contributed by atoms with van der Waals surface area (Å²) in [6.07, 6.45) is -1.28. The molecule has 3 rings (SSSR count). The molecule has 2 aromatic rings. The van der Waals surface area contributed by atoms with Crippen LogP contribution < -0.4 is 16.3 Å². The monoisotopic (exact) mass is 451 g/mol. The molecule has 172 valence electrons. The van der Waals surface area contributed by atoms with Gasteiger partial charge < -0.3 is 21.4 Å². The number of benzene rings is 1. The van der Waals surface area contributed by atoms with Crippen LogP contribution >= 0.6 is 0 Å². The molecule has 0 bridgehead atoms. The largest absolute Gasteiger partial charge is 0.480 e. The Kier molecular flexibility index (Phi) is 7.29. The lowest BCUT2D eigenvalue weighted by Crippen LogP contribution is -2.32. The van der Waals surface area contributed by atoms with Crippen LogP contribution in [0.4, 0.5) is 19.1 Å². The van der Waals surface area contributed by atoms with Gasteiger partial charge in [-0.15, -0.1) is 0 Å². The standard InChI is InChI=1S/C21H24F3N5O3/c22-21(23,24)18(14-4-2-1-3-5-14)29-32-17-11-16(27-20(26)28-17)13-8-6-12(7-9-13)10-15(25)19(30)31/h6-9,11,14-15H,1-5,10,25H2,(H,30,31)(H2,26,27,28)/t15-/m0/s1. The molecule has 1 aliphatic rings. The maximum Gasteiger partial charge on any atom is 0.433 e. The fourth-order valence-corrected chi connectivity index (χ4v) is 3.62. The number of carboxylic acids is 1. The third-order valence-corrected chi connectivity index (χ3v) is 5.26. The van der Waals surface area contributed by atoms with Gasteiger partial charge in [-0.1, -0.05) is 48.7 Å². The highest BCUT2D eigenvalue weighted by molar-refractivity contribution is 5.91. The number of halogens is 3. The van der Waals surface area contributed by atoms with Crippen LogP contribution in [0.2, 0.25) is 0 Å². The average molecular weight is 451 g/mol. The van der Waals surface area contributed by atoms with E-state index in [1.807, 2.05) is 0 Å². The number of nitrogen functional groups attached to an aromatic ring is 1. The molecule has 11 heteroatoms. The molecule has 0 radical (unpaired) electrons. The van der Waals surface area contributed by atoms with Crippen molar-refractivity contribution in [3.63, 3.8) is 0 Å². The smallest absolute Gasteiger partial charge is 0.433 e. The number of oxime groups is 1. The Morgan fingerprint density at radius 3 is 2.44 bits per heavy atom. The van der Waals surface area contributed by atoms with Gasteiger partial charge in [-0.3, -0.25) is 4.79 Å². The first-order valence-electron chi connectivity index (χ1n) is 10.2. The first kappa shape index (κ1) is 23.5. The summed E-state index contributed by atoms with van der Waals surface area (Å²) in [6, 6.07) is 7.01. The highest BCUT2D eigenvalue weighted by atomic mass is 19.4. The predicted molar refractivity (Wildman–Crippen MR) is 112 cm³/mol. The van der Waals surface area contributed by atoms with E-state index in [0.29, 0.717) is 29.7 Å². The van der Waals surface area contributed by atoms with E-state index in [2.05, 4.69) is 15.1 Å². The van der Waals surface area contributed by atoms with Gasteiger partial charge in [-0.05, 0) is 24.8 Å². The number of anilines is 1. The molecular formula is C21H24F3N5O3. The minimum absolute atomic E-state index is 0.145. The summed E-state index contributed by atoms with van der Waals surface area (Å²) in [5, 5.41) is 12.3. The summed E-state index contributed by atoms with van der Waals surface area (Å²) in [4.78, 5) is 23.8. The van der Waals surface area contributed by atoms with Gasteiger partial charge in [-0.2, -0.15) is 18.2 Å². The van der Waals surface area contributed by atoms with Crippen LogP contribution in [0.3, 0.4) is 0 Å². The molecule has 1 fully saturated rings. The highest BCUT2D eigenvalue weighted by Crippen LogP contribution is 2.32. The van der Waals surface area contributed by atoms with Crippen molar-refractivity contribution in [2.45, 2.75) is 50.7 Å². The van der Waals surface area contributed by atoms with Gasteiger partial charge in [-0.25, -0.2) is 4.98 Å². The second-order valence-electron chi connectivity index (χ2n) is 7.70. The minimum Gasteiger partial charge on any atom is -0.480 e. The van der Waals surface area contributed by atoms with Crippen LogP contribution in [0.25, 0.3) is 11.3 Å². The summed E-state index contributed by atoms with van der Waals surface area (Å²) in [7, 11) is 0. The minimum atomic E-state index is -4.60. The normalized spacial score (nSPS) is 16.6. The Balaban J connectivity index is 1.80. The molecule has 1 saturated carbocycles. The highest BCUT2D eigenvalue weighted by Gasteiger charge is 2.42. The van der Waals surface area contributed by atoms with E-state index in [-0.39, 0.29) is 18.2 Å². The first-order valence-corrected chi connectivity index (χ1v) is 10.2. The Bertz CT molecular complexity index is 974. The second kappa shape index (κ2) is 9.94. The Morgan fingerprint density at radius 1 is 1.19 bits per heavy atom. The molecule has 1 atom stereocenters. The molecule has 1 aromatic carbocycles. The molecule has 1 aliphatic carbocycles. The predicted octanol–water partition coefficient (Wildman–Crippen LogP) is 3.56. The lowest BCUT2D eigenvalue weighted by atomic mass is 9.85. The third-order valence-electron chi connectivity index (χ3n) is 5.26. The lowest BCUT2D eigenvalue weighted by Gasteiger charge is -2.23. The Morgan fingerprint density at radius 2 is 1.84 bits per heavy atom. The zero-order valence-corrected chi connectivity index (χ0v) is 17.2. The van der Waals surface area contributed by atoms with Crippen molar-refractivity contribution < 1.29 is 27.9 Å². The van der Waals surface area contributed by atoms with E-state index in [1.54, 1.807) is 24.3 Å². The fraction of sp³-hybridized carbons (Fsp3) is 0.429. The number of carboxylic acid groups (broad SMARTS) is 1. The quantitative estimate of drug-likeness (QED) is 0.432. The van der Waals surface area contributed by atoms with E-state index in [4.69, 9.17) is 21.4 Å². The SMILES string of the molecule is Nc1nc(ON=C(C2CCCCC2)C(F)(F)F)cc(-c2ccc(C[C@H](N)C(=O)O)cc2)n1.